The van der Waals surface area contributed by atoms with Gasteiger partial charge in [0.15, 0.2) is 0 Å². The molecule has 3 aromatic heterocycles. The van der Waals surface area contributed by atoms with Gasteiger partial charge in [0.25, 0.3) is 11.9 Å². The van der Waals surface area contributed by atoms with Gasteiger partial charge in [0.05, 0.1) is 5.69 Å². The molecule has 3 aromatic rings. The number of aromatic amines is 1. The Hall–Kier alpha value is -2.68. The quantitative estimate of drug-likeness (QED) is 0.735. The van der Waals surface area contributed by atoms with Crippen LogP contribution in [-0.4, -0.2) is 36.5 Å². The van der Waals surface area contributed by atoms with Crippen LogP contribution < -0.4 is 5.32 Å². The van der Waals surface area contributed by atoms with E-state index in [-0.39, 0.29) is 17.5 Å². The number of aromatic nitrogens is 6. The molecule has 0 fully saturated rings. The summed E-state index contributed by atoms with van der Waals surface area (Å²) >= 11 is 1.34. The van der Waals surface area contributed by atoms with Gasteiger partial charge in [-0.3, -0.25) is 15.1 Å². The first-order chi connectivity index (χ1) is 9.33. The van der Waals surface area contributed by atoms with Gasteiger partial charge in [-0.25, -0.2) is 4.98 Å². The summed E-state index contributed by atoms with van der Waals surface area (Å²) in [5, 5.41) is 17.7. The summed E-state index contributed by atoms with van der Waals surface area (Å²) in [6.07, 6.45) is 1.68. The Morgan fingerprint density at radius 2 is 2.32 bits per heavy atom. The summed E-state index contributed by atoms with van der Waals surface area (Å²) in [7, 11) is 0. The van der Waals surface area contributed by atoms with E-state index in [9.17, 15) is 4.79 Å². The zero-order valence-electron chi connectivity index (χ0n) is 9.44. The molecule has 0 saturated heterocycles. The molecule has 0 aliphatic carbocycles. The number of H-pyrrole nitrogens is 1. The highest BCUT2D eigenvalue weighted by Gasteiger charge is 2.13. The van der Waals surface area contributed by atoms with Crippen molar-refractivity contribution in [3.8, 4) is 10.7 Å². The van der Waals surface area contributed by atoms with Gasteiger partial charge >= 0.3 is 0 Å². The van der Waals surface area contributed by atoms with Crippen LogP contribution in [0.5, 0.6) is 0 Å². The van der Waals surface area contributed by atoms with Crippen molar-refractivity contribution in [3.63, 3.8) is 0 Å². The van der Waals surface area contributed by atoms with Crippen LogP contribution in [0.15, 0.2) is 29.8 Å². The van der Waals surface area contributed by atoms with Crippen LogP contribution in [-0.2, 0) is 0 Å². The summed E-state index contributed by atoms with van der Waals surface area (Å²) in [5.74, 6) is -0.280. The van der Waals surface area contributed by atoms with Crippen molar-refractivity contribution in [1.29, 1.82) is 0 Å². The van der Waals surface area contributed by atoms with E-state index in [4.69, 9.17) is 0 Å². The minimum atomic E-state index is -0.389. The summed E-state index contributed by atoms with van der Waals surface area (Å²) < 4.78 is 0. The van der Waals surface area contributed by atoms with Gasteiger partial charge in [0.1, 0.15) is 10.7 Å². The highest BCUT2D eigenvalue weighted by atomic mass is 32.1. The van der Waals surface area contributed by atoms with Crippen LogP contribution in [0, 0.1) is 0 Å². The van der Waals surface area contributed by atoms with Gasteiger partial charge < -0.3 is 0 Å². The molecule has 94 valence electrons. The number of nitrogens with zero attached hydrogens (tertiary/aromatic N) is 5. The topological polar surface area (TPSA) is 109 Å². The molecular formula is C10H7N7OS. The molecule has 3 rings (SSSR count). The Bertz CT molecular complexity index is 679. The fourth-order valence-corrected chi connectivity index (χ4v) is 2.14. The maximum absolute atomic E-state index is 11.8. The summed E-state index contributed by atoms with van der Waals surface area (Å²) in [6, 6.07) is 5.52. The molecular weight excluding hydrogens is 266 g/mol. The van der Waals surface area contributed by atoms with Crippen LogP contribution in [0.3, 0.4) is 0 Å². The molecule has 1 amide bonds. The SMILES string of the molecule is O=C(Nc1nn[nH]n1)c1csc(-c2ccccn2)n1. The highest BCUT2D eigenvalue weighted by Crippen LogP contribution is 2.21. The largest absolute Gasteiger partial charge is 0.286 e. The number of anilines is 1. The zero-order chi connectivity index (χ0) is 13.1. The molecule has 0 bridgehead atoms. The predicted molar refractivity (Wildman–Crippen MR) is 67.5 cm³/mol. The zero-order valence-corrected chi connectivity index (χ0v) is 10.3. The van der Waals surface area contributed by atoms with Crippen LogP contribution in [0.2, 0.25) is 0 Å². The Morgan fingerprint density at radius 3 is 3.05 bits per heavy atom. The number of amides is 1. The number of carbonyl (C=O) groups excluding carboxylic acids is 1. The molecule has 8 nitrogen and oxygen atoms in total. The van der Waals surface area contributed by atoms with Crippen molar-refractivity contribution in [2.45, 2.75) is 0 Å². The van der Waals surface area contributed by atoms with E-state index >= 15 is 0 Å². The second-order valence-electron chi connectivity index (χ2n) is 3.44. The molecule has 0 spiro atoms. The molecule has 0 aromatic carbocycles. The van der Waals surface area contributed by atoms with E-state index in [1.807, 2.05) is 18.2 Å². The maximum Gasteiger partial charge on any atom is 0.277 e. The van der Waals surface area contributed by atoms with Gasteiger partial charge in [0, 0.05) is 11.6 Å². The van der Waals surface area contributed by atoms with E-state index in [2.05, 4.69) is 35.9 Å². The second-order valence-corrected chi connectivity index (χ2v) is 4.30. The third-order valence-electron chi connectivity index (χ3n) is 2.19. The third-order valence-corrected chi connectivity index (χ3v) is 3.06. The third kappa shape index (κ3) is 2.45. The van der Waals surface area contributed by atoms with Crippen LogP contribution in [0.1, 0.15) is 10.5 Å². The molecule has 0 unspecified atom stereocenters. The normalized spacial score (nSPS) is 10.3. The Kier molecular flexibility index (Phi) is 2.94. The molecule has 2 N–H and O–H groups in total. The number of nitrogens with one attached hydrogen (secondary N) is 2. The van der Waals surface area contributed by atoms with Crippen molar-refractivity contribution < 1.29 is 4.79 Å². The van der Waals surface area contributed by atoms with Crippen LogP contribution >= 0.6 is 11.3 Å². The number of pyridine rings is 1. The number of hydrogen-bond donors (Lipinski definition) is 2. The lowest BCUT2D eigenvalue weighted by atomic mass is 10.3. The van der Waals surface area contributed by atoms with Crippen molar-refractivity contribution in [1.82, 2.24) is 30.6 Å². The monoisotopic (exact) mass is 273 g/mol. The Labute approximate surface area is 110 Å². The van der Waals surface area contributed by atoms with Crippen LogP contribution in [0.25, 0.3) is 10.7 Å². The number of hydrogen-bond acceptors (Lipinski definition) is 7. The molecule has 0 radical (unpaired) electrons. The molecule has 0 aliphatic rings. The van der Waals surface area contributed by atoms with E-state index in [1.165, 1.54) is 11.3 Å². The highest BCUT2D eigenvalue weighted by molar-refractivity contribution is 7.13. The van der Waals surface area contributed by atoms with E-state index < -0.39 is 0 Å². The summed E-state index contributed by atoms with van der Waals surface area (Å²) in [6.45, 7) is 0. The predicted octanol–water partition coefficient (Wildman–Crippen LogP) is 0.970. The Morgan fingerprint density at radius 1 is 1.37 bits per heavy atom. The first-order valence-electron chi connectivity index (χ1n) is 5.24. The molecule has 0 aliphatic heterocycles. The minimum Gasteiger partial charge on any atom is -0.286 e. The molecule has 9 heteroatoms. The summed E-state index contributed by atoms with van der Waals surface area (Å²) in [4.78, 5) is 20.2. The molecule has 19 heavy (non-hydrogen) atoms. The molecule has 3 heterocycles. The average molecular weight is 273 g/mol. The number of thiazole rings is 1. The van der Waals surface area contributed by atoms with Crippen molar-refractivity contribution in [2.75, 3.05) is 5.32 Å². The lowest BCUT2D eigenvalue weighted by molar-refractivity contribution is 0.102. The van der Waals surface area contributed by atoms with E-state index in [0.29, 0.717) is 5.01 Å². The smallest absolute Gasteiger partial charge is 0.277 e. The van der Waals surface area contributed by atoms with Crippen molar-refractivity contribution in [3.05, 3.63) is 35.5 Å². The van der Waals surface area contributed by atoms with Gasteiger partial charge in [-0.1, -0.05) is 11.2 Å². The number of carbonyl (C=O) groups is 1. The minimum absolute atomic E-state index is 0.109. The lowest BCUT2D eigenvalue weighted by Gasteiger charge is -1.95. The molecule has 0 atom stereocenters. The van der Waals surface area contributed by atoms with E-state index in [0.717, 1.165) is 5.69 Å². The first kappa shape index (κ1) is 11.4. The van der Waals surface area contributed by atoms with Gasteiger partial charge in [-0.15, -0.1) is 16.4 Å². The Balaban J connectivity index is 1.80. The van der Waals surface area contributed by atoms with Gasteiger partial charge in [0.2, 0.25) is 0 Å². The van der Waals surface area contributed by atoms with Crippen molar-refractivity contribution >= 4 is 23.2 Å². The average Bonchev–Trinajstić information content (AvgIpc) is 3.10. The number of rotatable bonds is 3. The van der Waals surface area contributed by atoms with Gasteiger partial charge in [-0.05, 0) is 17.3 Å². The molecule has 0 saturated carbocycles. The van der Waals surface area contributed by atoms with E-state index in [1.54, 1.807) is 11.6 Å². The second kappa shape index (κ2) is 4.90. The number of tetrazole rings is 1. The summed E-state index contributed by atoms with van der Waals surface area (Å²) in [5.41, 5.74) is 1.02. The van der Waals surface area contributed by atoms with Gasteiger partial charge in [-0.2, -0.15) is 5.21 Å². The first-order valence-corrected chi connectivity index (χ1v) is 6.12. The lowest BCUT2D eigenvalue weighted by Crippen LogP contribution is -2.13. The fourth-order valence-electron chi connectivity index (χ4n) is 1.37. The standard InChI is InChI=1S/C10H7N7OS/c18-8(13-10-14-16-17-15-10)7-5-19-9(12-7)6-3-1-2-4-11-6/h1-5H,(H2,13,14,15,16,17,18). The maximum atomic E-state index is 11.8. The van der Waals surface area contributed by atoms with Crippen molar-refractivity contribution in [2.24, 2.45) is 0 Å². The van der Waals surface area contributed by atoms with Crippen LogP contribution in [0.4, 0.5) is 5.95 Å². The fraction of sp³-hybridized carbons (Fsp3) is 0.